The van der Waals surface area contributed by atoms with E-state index < -0.39 is 5.97 Å². The molecule has 0 radical (unpaired) electrons. The first-order valence-electron chi connectivity index (χ1n) is 9.96. The van der Waals surface area contributed by atoms with Crippen molar-refractivity contribution in [2.24, 2.45) is 0 Å². The monoisotopic (exact) mass is 419 g/mol. The molecule has 160 valence electrons. The minimum Gasteiger partial charge on any atom is -0.493 e. The second-order valence-electron chi connectivity index (χ2n) is 6.80. The number of ether oxygens (including phenoxy) is 3. The van der Waals surface area contributed by atoms with Crippen molar-refractivity contribution in [1.29, 1.82) is 0 Å². The van der Waals surface area contributed by atoms with Crippen LogP contribution in [0.2, 0.25) is 0 Å². The Kier molecular flexibility index (Phi) is 7.27. The Bertz CT molecular complexity index is 1080. The zero-order valence-corrected chi connectivity index (χ0v) is 17.8. The van der Waals surface area contributed by atoms with Gasteiger partial charge in [-0.3, -0.25) is 4.79 Å². The lowest BCUT2D eigenvalue weighted by molar-refractivity contribution is 0.0602. The van der Waals surface area contributed by atoms with Crippen LogP contribution in [0.1, 0.15) is 38.8 Å². The molecule has 0 fully saturated rings. The van der Waals surface area contributed by atoms with Gasteiger partial charge in [0, 0.05) is 11.1 Å². The number of benzene rings is 3. The van der Waals surface area contributed by atoms with Gasteiger partial charge in [-0.2, -0.15) is 0 Å². The number of carbonyl (C=O) groups excluding carboxylic acids is 2. The molecule has 0 spiro atoms. The minimum atomic E-state index is -0.519. The Morgan fingerprint density at radius 2 is 1.65 bits per heavy atom. The number of amides is 1. The van der Waals surface area contributed by atoms with Crippen molar-refractivity contribution in [3.05, 3.63) is 89.0 Å². The van der Waals surface area contributed by atoms with E-state index in [9.17, 15) is 9.59 Å². The zero-order valence-electron chi connectivity index (χ0n) is 17.8. The van der Waals surface area contributed by atoms with E-state index in [1.807, 2.05) is 38.1 Å². The quantitative estimate of drug-likeness (QED) is 0.520. The summed E-state index contributed by atoms with van der Waals surface area (Å²) in [5.41, 5.74) is 2.86. The van der Waals surface area contributed by atoms with E-state index in [0.29, 0.717) is 23.6 Å². The number of hydrogen-bond acceptors (Lipinski definition) is 5. The van der Waals surface area contributed by atoms with Crippen molar-refractivity contribution < 1.29 is 23.8 Å². The van der Waals surface area contributed by atoms with Crippen molar-refractivity contribution in [1.82, 2.24) is 0 Å². The van der Waals surface area contributed by atoms with Gasteiger partial charge in [-0.1, -0.05) is 30.3 Å². The lowest BCUT2D eigenvalue weighted by Crippen LogP contribution is -2.16. The highest BCUT2D eigenvalue weighted by molar-refractivity contribution is 6.08. The molecule has 3 aromatic carbocycles. The van der Waals surface area contributed by atoms with Crippen LogP contribution in [0.15, 0.2) is 66.7 Å². The van der Waals surface area contributed by atoms with Gasteiger partial charge in [0.15, 0.2) is 0 Å². The molecule has 6 nitrogen and oxygen atoms in total. The summed E-state index contributed by atoms with van der Waals surface area (Å²) < 4.78 is 16.4. The molecule has 0 saturated carbocycles. The fourth-order valence-corrected chi connectivity index (χ4v) is 3.08. The Hall–Kier alpha value is -3.80. The second kappa shape index (κ2) is 10.3. The number of anilines is 1. The third-order valence-electron chi connectivity index (χ3n) is 4.68. The van der Waals surface area contributed by atoms with Crippen molar-refractivity contribution in [2.45, 2.75) is 20.5 Å². The summed E-state index contributed by atoms with van der Waals surface area (Å²) in [6.07, 6.45) is 0. The van der Waals surface area contributed by atoms with Gasteiger partial charge in [-0.05, 0) is 55.8 Å². The number of hydrogen-bond donors (Lipinski definition) is 1. The molecule has 0 saturated heterocycles. The molecule has 0 bridgehead atoms. The number of para-hydroxylation sites is 2. The van der Waals surface area contributed by atoms with E-state index in [-0.39, 0.29) is 18.1 Å². The number of aryl methyl sites for hydroxylation is 1. The standard InChI is InChI=1S/C25H25NO5/c1-4-30-23-14-13-18(15-19(23)16-31-22-12-8-5-9-17(22)2)24(27)26-21-11-7-6-10-20(21)25(28)29-3/h5-15H,4,16H2,1-3H3,(H,26,27). The van der Waals surface area contributed by atoms with Crippen LogP contribution in [0.25, 0.3) is 0 Å². The molecule has 1 amide bonds. The Labute approximate surface area is 181 Å². The predicted octanol–water partition coefficient (Wildman–Crippen LogP) is 5.01. The van der Waals surface area contributed by atoms with Crippen LogP contribution in [-0.4, -0.2) is 25.6 Å². The highest BCUT2D eigenvalue weighted by Gasteiger charge is 2.16. The molecule has 0 unspecified atom stereocenters. The maximum atomic E-state index is 12.9. The van der Waals surface area contributed by atoms with Crippen molar-refractivity contribution in [3.8, 4) is 11.5 Å². The minimum absolute atomic E-state index is 0.250. The summed E-state index contributed by atoms with van der Waals surface area (Å²) in [5, 5.41) is 2.78. The lowest BCUT2D eigenvalue weighted by atomic mass is 10.1. The van der Waals surface area contributed by atoms with E-state index in [1.54, 1.807) is 42.5 Å². The molecule has 3 rings (SSSR count). The summed E-state index contributed by atoms with van der Waals surface area (Å²) in [6, 6.07) is 19.6. The maximum Gasteiger partial charge on any atom is 0.339 e. The molecule has 3 aromatic rings. The van der Waals surface area contributed by atoms with E-state index in [4.69, 9.17) is 14.2 Å². The van der Waals surface area contributed by atoms with Gasteiger partial charge in [-0.25, -0.2) is 4.79 Å². The second-order valence-corrected chi connectivity index (χ2v) is 6.80. The Morgan fingerprint density at radius 1 is 0.903 bits per heavy atom. The summed E-state index contributed by atoms with van der Waals surface area (Å²) >= 11 is 0. The molecule has 1 N–H and O–H groups in total. The average Bonchev–Trinajstić information content (AvgIpc) is 2.79. The van der Waals surface area contributed by atoms with E-state index in [0.717, 1.165) is 16.9 Å². The SMILES string of the molecule is CCOc1ccc(C(=O)Nc2ccccc2C(=O)OC)cc1COc1ccccc1C. The molecule has 0 aliphatic carbocycles. The molecular weight excluding hydrogens is 394 g/mol. The van der Waals surface area contributed by atoms with Gasteiger partial charge in [0.25, 0.3) is 5.91 Å². The van der Waals surface area contributed by atoms with Crippen LogP contribution < -0.4 is 14.8 Å². The summed E-state index contributed by atoms with van der Waals surface area (Å²) in [4.78, 5) is 24.8. The van der Waals surface area contributed by atoms with E-state index in [2.05, 4.69) is 5.32 Å². The molecule has 0 atom stereocenters. The largest absolute Gasteiger partial charge is 0.493 e. The number of nitrogens with one attached hydrogen (secondary N) is 1. The van der Waals surface area contributed by atoms with E-state index >= 15 is 0 Å². The first kappa shape index (κ1) is 21.9. The third kappa shape index (κ3) is 5.42. The molecule has 6 heteroatoms. The number of rotatable bonds is 8. The Morgan fingerprint density at radius 3 is 2.39 bits per heavy atom. The average molecular weight is 419 g/mol. The summed E-state index contributed by atoms with van der Waals surface area (Å²) in [7, 11) is 1.30. The summed E-state index contributed by atoms with van der Waals surface area (Å²) in [5.74, 6) is 0.556. The van der Waals surface area contributed by atoms with Gasteiger partial charge >= 0.3 is 5.97 Å². The van der Waals surface area contributed by atoms with Crippen LogP contribution in [0.5, 0.6) is 11.5 Å². The van der Waals surface area contributed by atoms with Gasteiger partial charge in [0.05, 0.1) is 25.0 Å². The summed E-state index contributed by atoms with van der Waals surface area (Å²) in [6.45, 7) is 4.62. The first-order chi connectivity index (χ1) is 15.0. The van der Waals surface area contributed by atoms with Crippen molar-refractivity contribution in [3.63, 3.8) is 0 Å². The maximum absolute atomic E-state index is 12.9. The molecule has 31 heavy (non-hydrogen) atoms. The lowest BCUT2D eigenvalue weighted by Gasteiger charge is -2.15. The van der Waals surface area contributed by atoms with Crippen LogP contribution in [0.3, 0.4) is 0 Å². The number of esters is 1. The van der Waals surface area contributed by atoms with Crippen molar-refractivity contribution in [2.75, 3.05) is 19.0 Å². The zero-order chi connectivity index (χ0) is 22.2. The number of carbonyl (C=O) groups is 2. The van der Waals surface area contributed by atoms with Crippen LogP contribution in [0, 0.1) is 6.92 Å². The van der Waals surface area contributed by atoms with Crippen LogP contribution >= 0.6 is 0 Å². The number of methoxy groups -OCH3 is 1. The molecule has 0 aliphatic rings. The molecule has 0 heterocycles. The fourth-order valence-electron chi connectivity index (χ4n) is 3.08. The van der Waals surface area contributed by atoms with Gasteiger partial charge < -0.3 is 19.5 Å². The smallest absolute Gasteiger partial charge is 0.339 e. The van der Waals surface area contributed by atoms with Crippen LogP contribution in [0.4, 0.5) is 5.69 Å². The molecular formula is C25H25NO5. The molecule has 0 aliphatic heterocycles. The topological polar surface area (TPSA) is 73.9 Å². The van der Waals surface area contributed by atoms with Gasteiger partial charge in [0.2, 0.25) is 0 Å². The van der Waals surface area contributed by atoms with E-state index in [1.165, 1.54) is 7.11 Å². The predicted molar refractivity (Wildman–Crippen MR) is 119 cm³/mol. The fraction of sp³-hybridized carbons (Fsp3) is 0.200. The van der Waals surface area contributed by atoms with Crippen molar-refractivity contribution >= 4 is 17.6 Å². The molecule has 0 aromatic heterocycles. The van der Waals surface area contributed by atoms with Gasteiger partial charge in [-0.15, -0.1) is 0 Å². The normalized spacial score (nSPS) is 10.3. The Balaban J connectivity index is 1.83. The third-order valence-corrected chi connectivity index (χ3v) is 4.68. The first-order valence-corrected chi connectivity index (χ1v) is 9.96. The highest BCUT2D eigenvalue weighted by atomic mass is 16.5. The highest BCUT2D eigenvalue weighted by Crippen LogP contribution is 2.25. The van der Waals surface area contributed by atoms with Gasteiger partial charge in [0.1, 0.15) is 18.1 Å². The van der Waals surface area contributed by atoms with Crippen LogP contribution in [-0.2, 0) is 11.3 Å².